The number of rotatable bonds is 6. The third kappa shape index (κ3) is 5.32. The quantitative estimate of drug-likeness (QED) is 0.326. The van der Waals surface area contributed by atoms with Gasteiger partial charge in [0.25, 0.3) is 5.91 Å². The maximum absolute atomic E-state index is 13.7. The summed E-state index contributed by atoms with van der Waals surface area (Å²) in [5, 5.41) is 0. The first kappa shape index (κ1) is 27.0. The lowest BCUT2D eigenvalue weighted by atomic mass is 10.1. The third-order valence-corrected chi connectivity index (χ3v) is 6.39. The van der Waals surface area contributed by atoms with Crippen LogP contribution in [0, 0.1) is 0 Å². The van der Waals surface area contributed by atoms with Crippen molar-refractivity contribution < 1.29 is 35.9 Å². The van der Waals surface area contributed by atoms with Crippen molar-refractivity contribution in [1.82, 2.24) is 9.88 Å². The minimum absolute atomic E-state index is 0.0990. The van der Waals surface area contributed by atoms with Crippen LogP contribution in [0.1, 0.15) is 41.5 Å². The number of carbonyl (C=O) groups excluding carboxylic acids is 1. The Kier molecular flexibility index (Phi) is 7.14. The minimum atomic E-state index is -4.63. The number of carbonyl (C=O) groups is 1. The zero-order valence-corrected chi connectivity index (χ0v) is 20.5. The number of amides is 1. The number of halogens is 6. The van der Waals surface area contributed by atoms with Crippen LogP contribution < -0.4 is 9.64 Å². The standard InChI is InChI=1S/C27H23F6N3O2/c1-16(21-8-5-9-24(34-21)27(31,32)33)35(2)23-15-22(17-6-4-7-20(14-17)38-3)36(25(23)37)19-12-10-18(11-13-19)26(28,29)30/h4-16,22H,1-3H3/t16?,22-/m1/s1. The molecule has 200 valence electrons. The average molecular weight is 535 g/mol. The second kappa shape index (κ2) is 10.0. The molecule has 0 radical (unpaired) electrons. The number of benzene rings is 2. The van der Waals surface area contributed by atoms with E-state index in [1.54, 1.807) is 44.3 Å². The van der Waals surface area contributed by atoms with Gasteiger partial charge in [-0.15, -0.1) is 0 Å². The Balaban J connectivity index is 1.74. The van der Waals surface area contributed by atoms with Crippen LogP contribution >= 0.6 is 0 Å². The van der Waals surface area contributed by atoms with E-state index in [4.69, 9.17) is 4.74 Å². The van der Waals surface area contributed by atoms with Crippen LogP contribution in [-0.4, -0.2) is 29.9 Å². The molecule has 2 heterocycles. The summed E-state index contributed by atoms with van der Waals surface area (Å²) in [5.41, 5.74) is -0.805. The first-order valence-electron chi connectivity index (χ1n) is 11.4. The predicted octanol–water partition coefficient (Wildman–Crippen LogP) is 6.79. The molecule has 0 aliphatic carbocycles. The molecule has 1 aliphatic heterocycles. The number of pyridine rings is 1. The molecule has 0 N–H and O–H groups in total. The van der Waals surface area contributed by atoms with E-state index >= 15 is 0 Å². The normalized spacial score (nSPS) is 16.9. The van der Waals surface area contributed by atoms with Gasteiger partial charge in [-0.25, -0.2) is 4.98 Å². The smallest absolute Gasteiger partial charge is 0.433 e. The van der Waals surface area contributed by atoms with Crippen molar-refractivity contribution in [3.63, 3.8) is 0 Å². The highest BCUT2D eigenvalue weighted by molar-refractivity contribution is 6.08. The molecule has 1 aliphatic rings. The van der Waals surface area contributed by atoms with E-state index in [-0.39, 0.29) is 17.1 Å². The van der Waals surface area contributed by atoms with Crippen molar-refractivity contribution in [3.8, 4) is 5.75 Å². The number of ether oxygens (including phenoxy) is 1. The molecule has 4 rings (SSSR count). The molecule has 5 nitrogen and oxygen atoms in total. The van der Waals surface area contributed by atoms with Crippen LogP contribution in [-0.2, 0) is 17.1 Å². The molecular weight excluding hydrogens is 512 g/mol. The number of hydrogen-bond donors (Lipinski definition) is 0. The van der Waals surface area contributed by atoms with Gasteiger partial charge in [0.05, 0.1) is 30.5 Å². The Morgan fingerprint density at radius 2 is 1.61 bits per heavy atom. The van der Waals surface area contributed by atoms with Gasteiger partial charge >= 0.3 is 12.4 Å². The van der Waals surface area contributed by atoms with Crippen LogP contribution in [0.25, 0.3) is 0 Å². The van der Waals surface area contributed by atoms with Gasteiger partial charge in [0, 0.05) is 12.7 Å². The monoisotopic (exact) mass is 535 g/mol. The molecule has 0 saturated carbocycles. The van der Waals surface area contributed by atoms with Crippen LogP contribution in [0.5, 0.6) is 5.75 Å². The zero-order valence-electron chi connectivity index (χ0n) is 20.5. The lowest BCUT2D eigenvalue weighted by molar-refractivity contribution is -0.141. The van der Waals surface area contributed by atoms with Gasteiger partial charge in [-0.3, -0.25) is 9.69 Å². The molecule has 0 fully saturated rings. The molecular formula is C27H23F6N3O2. The van der Waals surface area contributed by atoms with Crippen molar-refractivity contribution >= 4 is 11.6 Å². The van der Waals surface area contributed by atoms with Gasteiger partial charge in [-0.2, -0.15) is 26.3 Å². The van der Waals surface area contributed by atoms with E-state index in [0.29, 0.717) is 11.3 Å². The number of anilines is 1. The fourth-order valence-electron chi connectivity index (χ4n) is 4.22. The summed E-state index contributed by atoms with van der Waals surface area (Å²) in [7, 11) is 3.03. The Labute approximate surface area is 215 Å². The van der Waals surface area contributed by atoms with E-state index < -0.39 is 41.6 Å². The van der Waals surface area contributed by atoms with Gasteiger partial charge in [-0.1, -0.05) is 18.2 Å². The summed E-state index contributed by atoms with van der Waals surface area (Å²) in [6.07, 6.45) is -7.55. The maximum atomic E-state index is 13.7. The molecule has 0 bridgehead atoms. The Hall–Kier alpha value is -4.02. The Bertz CT molecular complexity index is 1350. The Morgan fingerprint density at radius 1 is 0.947 bits per heavy atom. The van der Waals surface area contributed by atoms with Crippen molar-refractivity contribution in [2.75, 3.05) is 19.1 Å². The van der Waals surface area contributed by atoms with Crippen LogP contribution in [0.15, 0.2) is 78.5 Å². The lowest BCUT2D eigenvalue weighted by Gasteiger charge is -2.29. The third-order valence-electron chi connectivity index (χ3n) is 6.39. The van der Waals surface area contributed by atoms with Crippen molar-refractivity contribution in [1.29, 1.82) is 0 Å². The van der Waals surface area contributed by atoms with Gasteiger partial charge in [-0.05, 0) is 67.1 Å². The Morgan fingerprint density at radius 3 is 2.21 bits per heavy atom. The highest BCUT2D eigenvalue weighted by Gasteiger charge is 2.39. The highest BCUT2D eigenvalue weighted by Crippen LogP contribution is 2.40. The molecule has 11 heteroatoms. The number of nitrogens with zero attached hydrogens (tertiary/aromatic N) is 3. The molecule has 38 heavy (non-hydrogen) atoms. The molecule has 0 spiro atoms. The molecule has 0 saturated heterocycles. The molecule has 1 aromatic heterocycles. The SMILES string of the molecule is COc1cccc([C@H]2C=C(N(C)C(C)c3cccc(C(F)(F)F)n3)C(=O)N2c2ccc(C(F)(F)F)cc2)c1. The second-order valence-corrected chi connectivity index (χ2v) is 8.73. The number of hydrogen-bond acceptors (Lipinski definition) is 4. The highest BCUT2D eigenvalue weighted by atomic mass is 19.4. The minimum Gasteiger partial charge on any atom is -0.497 e. The van der Waals surface area contributed by atoms with Crippen molar-refractivity contribution in [2.45, 2.75) is 31.4 Å². The number of methoxy groups -OCH3 is 1. The van der Waals surface area contributed by atoms with Gasteiger partial charge in [0.1, 0.15) is 17.1 Å². The summed E-state index contributed by atoms with van der Waals surface area (Å²) in [6.45, 7) is 1.61. The number of aromatic nitrogens is 1. The number of alkyl halides is 6. The average Bonchev–Trinajstić information content (AvgIpc) is 3.24. The maximum Gasteiger partial charge on any atom is 0.433 e. The molecule has 2 atom stereocenters. The first-order valence-corrected chi connectivity index (χ1v) is 11.4. The summed E-state index contributed by atoms with van der Waals surface area (Å²) in [5.74, 6) is -0.0158. The van der Waals surface area contributed by atoms with Gasteiger partial charge < -0.3 is 9.64 Å². The van der Waals surface area contributed by atoms with Crippen molar-refractivity contribution in [3.05, 3.63) is 101 Å². The van der Waals surface area contributed by atoms with Gasteiger partial charge in [0.15, 0.2) is 0 Å². The zero-order chi connectivity index (χ0) is 27.8. The van der Waals surface area contributed by atoms with E-state index in [0.717, 1.165) is 18.2 Å². The molecule has 1 amide bonds. The second-order valence-electron chi connectivity index (χ2n) is 8.73. The first-order chi connectivity index (χ1) is 17.8. The predicted molar refractivity (Wildman–Crippen MR) is 128 cm³/mol. The van der Waals surface area contributed by atoms with E-state index in [1.807, 2.05) is 0 Å². The molecule has 3 aromatic rings. The topological polar surface area (TPSA) is 45.7 Å². The van der Waals surface area contributed by atoms with Crippen molar-refractivity contribution in [2.24, 2.45) is 0 Å². The lowest BCUT2D eigenvalue weighted by Crippen LogP contribution is -2.34. The summed E-state index contributed by atoms with van der Waals surface area (Å²) in [6, 6.07) is 13.2. The van der Waals surface area contributed by atoms with E-state index in [1.165, 1.54) is 41.2 Å². The van der Waals surface area contributed by atoms with Crippen LogP contribution in [0.4, 0.5) is 32.0 Å². The fourth-order valence-corrected chi connectivity index (χ4v) is 4.22. The van der Waals surface area contributed by atoms with Crippen LogP contribution in [0.3, 0.4) is 0 Å². The summed E-state index contributed by atoms with van der Waals surface area (Å²) >= 11 is 0. The van der Waals surface area contributed by atoms with Crippen LogP contribution in [0.2, 0.25) is 0 Å². The van der Waals surface area contributed by atoms with Gasteiger partial charge in [0.2, 0.25) is 0 Å². The summed E-state index contributed by atoms with van der Waals surface area (Å²) in [4.78, 5) is 20.3. The molecule has 1 unspecified atom stereocenters. The van der Waals surface area contributed by atoms with E-state index in [2.05, 4.69) is 4.98 Å². The molecule has 2 aromatic carbocycles. The van der Waals surface area contributed by atoms with E-state index in [9.17, 15) is 31.1 Å². The number of likely N-dealkylation sites (N-methyl/N-ethyl adjacent to an activating group) is 1. The summed E-state index contributed by atoms with van der Waals surface area (Å²) < 4.78 is 84.3. The largest absolute Gasteiger partial charge is 0.497 e. The fraction of sp³-hybridized carbons (Fsp3) is 0.259.